The third-order valence-electron chi connectivity index (χ3n) is 5.86. The summed E-state index contributed by atoms with van der Waals surface area (Å²) in [6, 6.07) is 20.2. The second-order valence-electron chi connectivity index (χ2n) is 9.39. The minimum atomic E-state index is -0.131. The number of amides is 1. The second kappa shape index (κ2) is 9.96. The van der Waals surface area contributed by atoms with E-state index >= 15 is 0 Å². The SMILES string of the molecule is C=CCOc1cccc2c1cc(C(=O)NCc1ccncc1)n2Cc1ccc(C(C)(C)C)cc1. The number of nitrogens with zero attached hydrogens (tertiary/aromatic N) is 2. The van der Waals surface area contributed by atoms with Crippen LogP contribution >= 0.6 is 0 Å². The van der Waals surface area contributed by atoms with Crippen LogP contribution in [0.3, 0.4) is 0 Å². The highest BCUT2D eigenvalue weighted by molar-refractivity contribution is 6.00. The van der Waals surface area contributed by atoms with Gasteiger partial charge < -0.3 is 14.6 Å². The molecule has 0 atom stereocenters. The third kappa shape index (κ3) is 5.20. The average Bonchev–Trinajstić information content (AvgIpc) is 3.20. The largest absolute Gasteiger partial charge is 0.489 e. The van der Waals surface area contributed by atoms with Gasteiger partial charge in [0.1, 0.15) is 18.1 Å². The van der Waals surface area contributed by atoms with Gasteiger partial charge in [-0.3, -0.25) is 9.78 Å². The standard InChI is InChI=1S/C29H31N3O2/c1-5-17-34-27-8-6-7-25-24(27)18-26(28(33)31-19-21-13-15-30-16-14-21)32(25)20-22-9-11-23(12-10-22)29(2,3)4/h5-16,18H,1,17,19-20H2,2-4H3,(H,31,33). The lowest BCUT2D eigenvalue weighted by Gasteiger charge is -2.19. The van der Waals surface area contributed by atoms with Gasteiger partial charge in [-0.1, -0.05) is 63.8 Å². The van der Waals surface area contributed by atoms with Crippen LogP contribution in [-0.2, 0) is 18.5 Å². The van der Waals surface area contributed by atoms with Crippen LogP contribution in [-0.4, -0.2) is 22.1 Å². The highest BCUT2D eigenvalue weighted by Crippen LogP contribution is 2.30. The van der Waals surface area contributed by atoms with Crippen LogP contribution in [0, 0.1) is 0 Å². The molecule has 5 heteroatoms. The number of carbonyl (C=O) groups is 1. The molecule has 0 aliphatic rings. The Labute approximate surface area is 201 Å². The molecular formula is C29H31N3O2. The first-order valence-corrected chi connectivity index (χ1v) is 11.5. The molecule has 0 radical (unpaired) electrons. The maximum atomic E-state index is 13.3. The lowest BCUT2D eigenvalue weighted by Crippen LogP contribution is -2.25. The maximum absolute atomic E-state index is 13.3. The predicted molar refractivity (Wildman–Crippen MR) is 137 cm³/mol. The van der Waals surface area contributed by atoms with Gasteiger partial charge in [-0.2, -0.15) is 0 Å². The summed E-state index contributed by atoms with van der Waals surface area (Å²) in [5.41, 5.74) is 5.05. The number of benzene rings is 2. The molecule has 0 aliphatic carbocycles. The van der Waals surface area contributed by atoms with Gasteiger partial charge in [0.15, 0.2) is 0 Å². The molecule has 1 amide bonds. The van der Waals surface area contributed by atoms with E-state index in [1.807, 2.05) is 36.4 Å². The smallest absolute Gasteiger partial charge is 0.268 e. The Bertz CT molecular complexity index is 1280. The molecule has 2 aromatic heterocycles. The van der Waals surface area contributed by atoms with Crippen LogP contribution in [0.5, 0.6) is 5.75 Å². The van der Waals surface area contributed by atoms with Crippen LogP contribution in [0.25, 0.3) is 10.9 Å². The number of nitrogens with one attached hydrogen (secondary N) is 1. The first-order chi connectivity index (χ1) is 16.4. The van der Waals surface area contributed by atoms with E-state index in [9.17, 15) is 4.79 Å². The van der Waals surface area contributed by atoms with Crippen LogP contribution in [0.1, 0.15) is 48.0 Å². The summed E-state index contributed by atoms with van der Waals surface area (Å²) < 4.78 is 7.94. The van der Waals surface area contributed by atoms with Crippen molar-refractivity contribution in [1.82, 2.24) is 14.9 Å². The van der Waals surface area contributed by atoms with Crippen molar-refractivity contribution in [2.24, 2.45) is 0 Å². The summed E-state index contributed by atoms with van der Waals surface area (Å²) in [6.45, 7) is 11.8. The number of rotatable bonds is 8. The number of carbonyl (C=O) groups excluding carboxylic acids is 1. The van der Waals surface area contributed by atoms with E-state index in [1.165, 1.54) is 5.56 Å². The molecule has 0 fully saturated rings. The number of hydrogen-bond acceptors (Lipinski definition) is 3. The molecule has 2 aromatic carbocycles. The zero-order valence-electron chi connectivity index (χ0n) is 20.0. The Morgan fingerprint density at radius 2 is 1.79 bits per heavy atom. The number of ether oxygens (including phenoxy) is 1. The minimum Gasteiger partial charge on any atom is -0.489 e. The highest BCUT2D eigenvalue weighted by atomic mass is 16.5. The highest BCUT2D eigenvalue weighted by Gasteiger charge is 2.19. The van der Waals surface area contributed by atoms with E-state index in [1.54, 1.807) is 18.5 Å². The van der Waals surface area contributed by atoms with Crippen LogP contribution in [0.15, 0.2) is 85.7 Å². The van der Waals surface area contributed by atoms with Gasteiger partial charge >= 0.3 is 0 Å². The van der Waals surface area contributed by atoms with Crippen molar-refractivity contribution in [3.63, 3.8) is 0 Å². The molecule has 2 heterocycles. The predicted octanol–water partition coefficient (Wildman–Crippen LogP) is 5.88. The van der Waals surface area contributed by atoms with Crippen molar-refractivity contribution in [2.75, 3.05) is 6.61 Å². The van der Waals surface area contributed by atoms with E-state index in [0.29, 0.717) is 25.4 Å². The summed E-state index contributed by atoms with van der Waals surface area (Å²) in [5, 5.41) is 3.96. The molecule has 4 rings (SSSR count). The average molecular weight is 454 g/mol. The Hall–Kier alpha value is -3.86. The molecule has 0 aliphatic heterocycles. The first-order valence-electron chi connectivity index (χ1n) is 11.5. The first kappa shape index (κ1) is 23.3. The van der Waals surface area contributed by atoms with Gasteiger partial charge in [-0.05, 0) is 52.4 Å². The van der Waals surface area contributed by atoms with E-state index in [4.69, 9.17) is 4.74 Å². The normalized spacial score (nSPS) is 11.4. The van der Waals surface area contributed by atoms with E-state index < -0.39 is 0 Å². The van der Waals surface area contributed by atoms with Gasteiger partial charge in [-0.25, -0.2) is 0 Å². The lowest BCUT2D eigenvalue weighted by atomic mass is 9.87. The Balaban J connectivity index is 1.70. The van der Waals surface area contributed by atoms with Gasteiger partial charge in [0.05, 0.1) is 5.52 Å². The fourth-order valence-electron chi connectivity index (χ4n) is 3.96. The summed E-state index contributed by atoms with van der Waals surface area (Å²) in [7, 11) is 0. The molecule has 0 saturated carbocycles. The third-order valence-corrected chi connectivity index (χ3v) is 5.86. The van der Waals surface area contributed by atoms with Gasteiger partial charge in [0, 0.05) is 30.9 Å². The number of aromatic nitrogens is 2. The van der Waals surface area contributed by atoms with Crippen molar-refractivity contribution in [1.29, 1.82) is 0 Å². The number of pyridine rings is 1. The van der Waals surface area contributed by atoms with Gasteiger partial charge in [0.2, 0.25) is 0 Å². The minimum absolute atomic E-state index is 0.0913. The Morgan fingerprint density at radius 1 is 1.06 bits per heavy atom. The molecule has 5 nitrogen and oxygen atoms in total. The molecule has 0 unspecified atom stereocenters. The molecule has 1 N–H and O–H groups in total. The van der Waals surface area contributed by atoms with E-state index in [2.05, 4.69) is 66.5 Å². The monoisotopic (exact) mass is 453 g/mol. The van der Waals surface area contributed by atoms with Crippen LogP contribution in [0.4, 0.5) is 0 Å². The molecule has 34 heavy (non-hydrogen) atoms. The summed E-state index contributed by atoms with van der Waals surface area (Å²) in [6.07, 6.45) is 5.17. The summed E-state index contributed by atoms with van der Waals surface area (Å²) in [5.74, 6) is 0.608. The zero-order chi connectivity index (χ0) is 24.1. The fraction of sp³-hybridized carbons (Fsp3) is 0.241. The lowest BCUT2D eigenvalue weighted by molar-refractivity contribution is 0.0942. The van der Waals surface area contributed by atoms with Gasteiger partial charge in [0.25, 0.3) is 5.91 Å². The molecular weight excluding hydrogens is 422 g/mol. The topological polar surface area (TPSA) is 56.1 Å². The van der Waals surface area contributed by atoms with Crippen molar-refractivity contribution in [3.8, 4) is 5.75 Å². The molecule has 0 bridgehead atoms. The molecule has 0 spiro atoms. The molecule has 174 valence electrons. The Kier molecular flexibility index (Phi) is 6.82. The van der Waals surface area contributed by atoms with Crippen molar-refractivity contribution < 1.29 is 9.53 Å². The quantitative estimate of drug-likeness (QED) is 0.339. The fourth-order valence-corrected chi connectivity index (χ4v) is 3.96. The van der Waals surface area contributed by atoms with Crippen LogP contribution < -0.4 is 10.1 Å². The zero-order valence-corrected chi connectivity index (χ0v) is 20.0. The van der Waals surface area contributed by atoms with Crippen molar-refractivity contribution in [2.45, 2.75) is 39.3 Å². The molecule has 4 aromatic rings. The van der Waals surface area contributed by atoms with Crippen molar-refractivity contribution in [3.05, 3.63) is 108 Å². The van der Waals surface area contributed by atoms with Gasteiger partial charge in [-0.15, -0.1) is 0 Å². The Morgan fingerprint density at radius 3 is 2.47 bits per heavy atom. The maximum Gasteiger partial charge on any atom is 0.268 e. The summed E-state index contributed by atoms with van der Waals surface area (Å²) >= 11 is 0. The van der Waals surface area contributed by atoms with Crippen LogP contribution in [0.2, 0.25) is 0 Å². The van der Waals surface area contributed by atoms with E-state index in [-0.39, 0.29) is 11.3 Å². The number of hydrogen-bond donors (Lipinski definition) is 1. The van der Waals surface area contributed by atoms with Crippen molar-refractivity contribution >= 4 is 16.8 Å². The second-order valence-corrected chi connectivity index (χ2v) is 9.39. The van der Waals surface area contributed by atoms with E-state index in [0.717, 1.165) is 27.8 Å². The molecule has 0 saturated heterocycles. The number of fused-ring (bicyclic) bond motifs is 1. The summed E-state index contributed by atoms with van der Waals surface area (Å²) in [4.78, 5) is 17.3.